The summed E-state index contributed by atoms with van der Waals surface area (Å²) in [4.78, 5) is 0. The lowest BCUT2D eigenvalue weighted by molar-refractivity contribution is 0.354. The number of nitrogens with zero attached hydrogens (tertiary/aromatic N) is 2. The van der Waals surface area contributed by atoms with Crippen LogP contribution in [0.5, 0.6) is 0 Å². The molecule has 0 aliphatic carbocycles. The first kappa shape index (κ1) is 10.6. The summed E-state index contributed by atoms with van der Waals surface area (Å²) >= 11 is 0. The van der Waals surface area contributed by atoms with Crippen molar-refractivity contribution in [3.05, 3.63) is 11.8 Å². The van der Waals surface area contributed by atoms with Gasteiger partial charge in [0, 0.05) is 12.3 Å². The highest BCUT2D eigenvalue weighted by molar-refractivity contribution is 4.94. The van der Waals surface area contributed by atoms with Gasteiger partial charge in [-0.15, -0.1) is 10.2 Å². The number of hydrogen-bond acceptors (Lipinski definition) is 4. The molecular weight excluding hydrogens is 190 g/mol. The molecule has 4 nitrogen and oxygen atoms in total. The summed E-state index contributed by atoms with van der Waals surface area (Å²) in [5, 5.41) is 11.6. The van der Waals surface area contributed by atoms with Crippen LogP contribution in [0.1, 0.15) is 44.4 Å². The third-order valence-corrected chi connectivity index (χ3v) is 2.75. The van der Waals surface area contributed by atoms with Crippen molar-refractivity contribution in [1.29, 1.82) is 0 Å². The molecule has 0 saturated carbocycles. The second kappa shape index (κ2) is 4.75. The van der Waals surface area contributed by atoms with Crippen LogP contribution < -0.4 is 5.32 Å². The van der Waals surface area contributed by atoms with E-state index in [1.807, 2.05) is 0 Å². The first-order valence-corrected chi connectivity index (χ1v) is 5.78. The minimum Gasteiger partial charge on any atom is -0.425 e. The molecule has 1 saturated heterocycles. The molecule has 0 spiro atoms. The van der Waals surface area contributed by atoms with Gasteiger partial charge in [-0.3, -0.25) is 0 Å². The Morgan fingerprint density at radius 1 is 1.33 bits per heavy atom. The molecule has 2 rings (SSSR count). The summed E-state index contributed by atoms with van der Waals surface area (Å²) in [7, 11) is 0. The van der Waals surface area contributed by atoms with Crippen molar-refractivity contribution in [1.82, 2.24) is 15.5 Å². The molecule has 15 heavy (non-hydrogen) atoms. The standard InChI is InChI=1S/C11H19N3O/c1-8(2)7-10-13-14-11(15-10)9-3-5-12-6-4-9/h8-9,12H,3-7H2,1-2H3. The fourth-order valence-electron chi connectivity index (χ4n) is 1.93. The van der Waals surface area contributed by atoms with Gasteiger partial charge < -0.3 is 9.73 Å². The zero-order valence-electron chi connectivity index (χ0n) is 9.49. The lowest BCUT2D eigenvalue weighted by Gasteiger charge is -2.18. The van der Waals surface area contributed by atoms with Gasteiger partial charge in [0.25, 0.3) is 0 Å². The number of aromatic nitrogens is 2. The van der Waals surface area contributed by atoms with Crippen LogP contribution in [0.15, 0.2) is 4.42 Å². The van der Waals surface area contributed by atoms with Crippen molar-refractivity contribution >= 4 is 0 Å². The van der Waals surface area contributed by atoms with Crippen molar-refractivity contribution in [2.24, 2.45) is 5.92 Å². The quantitative estimate of drug-likeness (QED) is 0.823. The van der Waals surface area contributed by atoms with Crippen LogP contribution in [0.3, 0.4) is 0 Å². The maximum atomic E-state index is 5.68. The molecule has 0 atom stereocenters. The summed E-state index contributed by atoms with van der Waals surface area (Å²) in [5.74, 6) is 2.68. The molecule has 0 unspecified atom stereocenters. The fourth-order valence-corrected chi connectivity index (χ4v) is 1.93. The Hall–Kier alpha value is -0.900. The third-order valence-electron chi connectivity index (χ3n) is 2.75. The number of hydrogen-bond donors (Lipinski definition) is 1. The maximum Gasteiger partial charge on any atom is 0.219 e. The van der Waals surface area contributed by atoms with Crippen molar-refractivity contribution in [3.63, 3.8) is 0 Å². The van der Waals surface area contributed by atoms with Gasteiger partial charge in [0.15, 0.2) is 0 Å². The molecule has 1 aromatic rings. The van der Waals surface area contributed by atoms with Crippen LogP contribution in [-0.4, -0.2) is 23.3 Å². The second-order valence-electron chi connectivity index (χ2n) is 4.66. The molecule has 1 N–H and O–H groups in total. The maximum absolute atomic E-state index is 5.68. The number of piperidine rings is 1. The highest BCUT2D eigenvalue weighted by Gasteiger charge is 2.21. The van der Waals surface area contributed by atoms with Crippen LogP contribution >= 0.6 is 0 Å². The van der Waals surface area contributed by atoms with E-state index in [1.165, 1.54) is 0 Å². The first-order valence-electron chi connectivity index (χ1n) is 5.78. The average Bonchev–Trinajstić information content (AvgIpc) is 2.67. The zero-order chi connectivity index (χ0) is 10.7. The molecule has 84 valence electrons. The molecule has 1 aromatic heterocycles. The summed E-state index contributed by atoms with van der Waals surface area (Å²) in [6, 6.07) is 0. The summed E-state index contributed by atoms with van der Waals surface area (Å²) in [6.45, 7) is 6.45. The van der Waals surface area contributed by atoms with E-state index >= 15 is 0 Å². The second-order valence-corrected chi connectivity index (χ2v) is 4.66. The summed E-state index contributed by atoms with van der Waals surface area (Å²) in [6.07, 6.45) is 3.12. The smallest absolute Gasteiger partial charge is 0.219 e. The molecule has 0 bridgehead atoms. The minimum atomic E-state index is 0.472. The molecule has 0 radical (unpaired) electrons. The van der Waals surface area contributed by atoms with Gasteiger partial charge in [0.1, 0.15) is 0 Å². The largest absolute Gasteiger partial charge is 0.425 e. The monoisotopic (exact) mass is 209 g/mol. The molecule has 4 heteroatoms. The predicted octanol–water partition coefficient (Wildman–Crippen LogP) is 1.74. The zero-order valence-corrected chi connectivity index (χ0v) is 9.49. The SMILES string of the molecule is CC(C)Cc1nnc(C2CCNCC2)o1. The molecule has 1 aliphatic rings. The molecule has 1 aliphatic heterocycles. The van der Waals surface area contributed by atoms with E-state index in [0.29, 0.717) is 11.8 Å². The minimum absolute atomic E-state index is 0.472. The lowest BCUT2D eigenvalue weighted by atomic mass is 9.98. The summed E-state index contributed by atoms with van der Waals surface area (Å²) < 4.78 is 5.68. The fraction of sp³-hybridized carbons (Fsp3) is 0.818. The van der Waals surface area contributed by atoms with Crippen LogP contribution in [0.2, 0.25) is 0 Å². The number of nitrogens with one attached hydrogen (secondary N) is 1. The molecule has 1 fully saturated rings. The first-order chi connectivity index (χ1) is 7.25. The highest BCUT2D eigenvalue weighted by Crippen LogP contribution is 2.24. The van der Waals surface area contributed by atoms with Gasteiger partial charge in [-0.05, 0) is 31.8 Å². The molecule has 2 heterocycles. The van der Waals surface area contributed by atoms with E-state index < -0.39 is 0 Å². The normalized spacial score (nSPS) is 18.6. The molecular formula is C11H19N3O. The van der Waals surface area contributed by atoms with Crippen molar-refractivity contribution in [2.45, 2.75) is 39.0 Å². The Bertz CT molecular complexity index is 303. The van der Waals surface area contributed by atoms with Crippen LogP contribution in [0.4, 0.5) is 0 Å². The van der Waals surface area contributed by atoms with Gasteiger partial charge in [-0.25, -0.2) is 0 Å². The Balaban J connectivity index is 1.99. The topological polar surface area (TPSA) is 51.0 Å². The van der Waals surface area contributed by atoms with Crippen molar-refractivity contribution < 1.29 is 4.42 Å². The van der Waals surface area contributed by atoms with Crippen molar-refractivity contribution in [3.8, 4) is 0 Å². The predicted molar refractivity (Wildman–Crippen MR) is 57.7 cm³/mol. The van der Waals surface area contributed by atoms with E-state index in [4.69, 9.17) is 4.42 Å². The van der Waals surface area contributed by atoms with Crippen LogP contribution in [0.25, 0.3) is 0 Å². The highest BCUT2D eigenvalue weighted by atomic mass is 16.4. The molecule has 0 amide bonds. The van der Waals surface area contributed by atoms with Crippen LogP contribution in [-0.2, 0) is 6.42 Å². The van der Waals surface area contributed by atoms with E-state index in [0.717, 1.165) is 44.1 Å². The summed E-state index contributed by atoms with van der Waals surface area (Å²) in [5.41, 5.74) is 0. The van der Waals surface area contributed by atoms with Gasteiger partial charge in [-0.2, -0.15) is 0 Å². The Kier molecular flexibility index (Phi) is 3.36. The van der Waals surface area contributed by atoms with E-state index in [9.17, 15) is 0 Å². The van der Waals surface area contributed by atoms with E-state index in [1.54, 1.807) is 0 Å². The van der Waals surface area contributed by atoms with Gasteiger partial charge in [0.05, 0.1) is 0 Å². The Morgan fingerprint density at radius 3 is 2.73 bits per heavy atom. The van der Waals surface area contributed by atoms with E-state index in [-0.39, 0.29) is 0 Å². The van der Waals surface area contributed by atoms with Gasteiger partial charge in [0.2, 0.25) is 11.8 Å². The number of rotatable bonds is 3. The van der Waals surface area contributed by atoms with E-state index in [2.05, 4.69) is 29.4 Å². The third kappa shape index (κ3) is 2.78. The van der Waals surface area contributed by atoms with Gasteiger partial charge >= 0.3 is 0 Å². The lowest BCUT2D eigenvalue weighted by Crippen LogP contribution is -2.26. The average molecular weight is 209 g/mol. The van der Waals surface area contributed by atoms with Crippen LogP contribution in [0, 0.1) is 5.92 Å². The Labute approximate surface area is 90.5 Å². The van der Waals surface area contributed by atoms with Gasteiger partial charge in [-0.1, -0.05) is 13.8 Å². The molecule has 0 aromatic carbocycles. The van der Waals surface area contributed by atoms with Crippen molar-refractivity contribution in [2.75, 3.05) is 13.1 Å². The Morgan fingerprint density at radius 2 is 2.07 bits per heavy atom.